The van der Waals surface area contributed by atoms with Gasteiger partial charge in [0, 0.05) is 0 Å². The maximum absolute atomic E-state index is 11.8. The van der Waals surface area contributed by atoms with Crippen molar-refractivity contribution in [1.29, 1.82) is 0 Å². The molecule has 0 N–H and O–H groups in total. The van der Waals surface area contributed by atoms with E-state index in [0.29, 0.717) is 0 Å². The van der Waals surface area contributed by atoms with Gasteiger partial charge in [0.1, 0.15) is 6.26 Å². The minimum absolute atomic E-state index is 0.106. The zero-order valence-electron chi connectivity index (χ0n) is 3.73. The molecule has 0 fully saturated rings. The van der Waals surface area contributed by atoms with Crippen LogP contribution in [0.3, 0.4) is 0 Å². The van der Waals surface area contributed by atoms with Crippen molar-refractivity contribution in [3.05, 3.63) is 23.8 Å². The monoisotopic (exact) mass is 136 g/mol. The number of ether oxygens (including phenoxy) is 2. The standard InChI is InChI=1S/C4H2ClFO2/c5-3-1-7-2-4(6)8-3/h1-2H. The Kier molecular flexibility index (Phi) is 1.39. The minimum atomic E-state index is -0.836. The zero-order chi connectivity index (χ0) is 5.98. The Morgan fingerprint density at radius 1 is 1.50 bits per heavy atom. The fourth-order valence-corrected chi connectivity index (χ4v) is 0.407. The Morgan fingerprint density at radius 3 is 2.62 bits per heavy atom. The summed E-state index contributed by atoms with van der Waals surface area (Å²) in [6.07, 6.45) is 1.90. The van der Waals surface area contributed by atoms with Gasteiger partial charge >= 0.3 is 6.01 Å². The number of rotatable bonds is 0. The van der Waals surface area contributed by atoms with E-state index in [1.54, 1.807) is 0 Å². The molecular weight excluding hydrogens is 134 g/mol. The summed E-state index contributed by atoms with van der Waals surface area (Å²) in [5.41, 5.74) is 0. The molecule has 0 aromatic carbocycles. The van der Waals surface area contributed by atoms with E-state index in [-0.39, 0.29) is 5.22 Å². The molecule has 0 bridgehead atoms. The zero-order valence-corrected chi connectivity index (χ0v) is 4.48. The average Bonchev–Trinajstić information content (AvgIpc) is 1.64. The van der Waals surface area contributed by atoms with Crippen molar-refractivity contribution in [2.24, 2.45) is 0 Å². The van der Waals surface area contributed by atoms with Crippen molar-refractivity contribution < 1.29 is 13.9 Å². The highest BCUT2D eigenvalue weighted by Crippen LogP contribution is 2.15. The van der Waals surface area contributed by atoms with Crippen LogP contribution in [0.15, 0.2) is 23.8 Å². The smallest absolute Gasteiger partial charge is 0.314 e. The lowest BCUT2D eigenvalue weighted by atomic mass is 10.9. The van der Waals surface area contributed by atoms with E-state index < -0.39 is 6.01 Å². The van der Waals surface area contributed by atoms with E-state index in [2.05, 4.69) is 9.47 Å². The van der Waals surface area contributed by atoms with E-state index in [4.69, 9.17) is 11.6 Å². The first-order chi connectivity index (χ1) is 3.79. The predicted molar refractivity (Wildman–Crippen MR) is 25.3 cm³/mol. The molecule has 0 spiro atoms. The summed E-state index contributed by atoms with van der Waals surface area (Å²) in [7, 11) is 0. The summed E-state index contributed by atoms with van der Waals surface area (Å²) >= 11 is 5.14. The molecule has 2 nitrogen and oxygen atoms in total. The quantitative estimate of drug-likeness (QED) is 0.506. The van der Waals surface area contributed by atoms with Gasteiger partial charge in [-0.25, -0.2) is 0 Å². The molecule has 1 rings (SSSR count). The summed E-state index contributed by atoms with van der Waals surface area (Å²) in [6, 6.07) is -0.836. The van der Waals surface area contributed by atoms with E-state index >= 15 is 0 Å². The van der Waals surface area contributed by atoms with Gasteiger partial charge < -0.3 is 9.47 Å². The Labute approximate surface area is 50.1 Å². The molecule has 0 saturated carbocycles. The number of hydrogen-bond acceptors (Lipinski definition) is 2. The predicted octanol–water partition coefficient (Wildman–Crippen LogP) is 1.84. The molecule has 0 aromatic heterocycles. The second-order valence-corrected chi connectivity index (χ2v) is 1.45. The van der Waals surface area contributed by atoms with Crippen LogP contribution in [0.4, 0.5) is 4.39 Å². The average molecular weight is 137 g/mol. The van der Waals surface area contributed by atoms with E-state index in [0.717, 1.165) is 12.5 Å². The molecule has 1 aliphatic heterocycles. The Morgan fingerprint density at radius 2 is 2.25 bits per heavy atom. The van der Waals surface area contributed by atoms with Gasteiger partial charge in [0.15, 0.2) is 6.26 Å². The SMILES string of the molecule is FC1=COC=C(Cl)O1. The van der Waals surface area contributed by atoms with E-state index in [1.807, 2.05) is 0 Å². The lowest BCUT2D eigenvalue weighted by Gasteiger charge is -2.03. The highest BCUT2D eigenvalue weighted by molar-refractivity contribution is 6.28. The van der Waals surface area contributed by atoms with Gasteiger partial charge in [-0.05, 0) is 11.6 Å². The molecule has 4 heteroatoms. The van der Waals surface area contributed by atoms with Crippen LogP contribution in [0.1, 0.15) is 0 Å². The topological polar surface area (TPSA) is 18.5 Å². The number of halogens is 2. The van der Waals surface area contributed by atoms with Gasteiger partial charge in [0.25, 0.3) is 0 Å². The fraction of sp³-hybridized carbons (Fsp3) is 0. The summed E-state index contributed by atoms with van der Waals surface area (Å²) in [4.78, 5) is 0. The van der Waals surface area contributed by atoms with Gasteiger partial charge in [-0.3, -0.25) is 0 Å². The van der Waals surface area contributed by atoms with Crippen molar-refractivity contribution in [2.75, 3.05) is 0 Å². The van der Waals surface area contributed by atoms with Crippen molar-refractivity contribution in [3.8, 4) is 0 Å². The van der Waals surface area contributed by atoms with E-state index in [1.165, 1.54) is 0 Å². The summed E-state index contributed by atoms with van der Waals surface area (Å²) < 4.78 is 20.3. The first-order valence-electron chi connectivity index (χ1n) is 1.83. The Hall–Kier alpha value is -0.700. The van der Waals surface area contributed by atoms with Crippen LogP contribution in [-0.4, -0.2) is 0 Å². The highest BCUT2D eigenvalue weighted by atomic mass is 35.5. The summed E-state index contributed by atoms with van der Waals surface area (Å²) in [5.74, 6) is 0. The Balaban J connectivity index is 2.57. The third kappa shape index (κ3) is 1.13. The fourth-order valence-electron chi connectivity index (χ4n) is 0.282. The molecule has 44 valence electrons. The summed E-state index contributed by atoms with van der Waals surface area (Å²) in [6.45, 7) is 0. The van der Waals surface area contributed by atoms with E-state index in [9.17, 15) is 4.39 Å². The minimum Gasteiger partial charge on any atom is -0.461 e. The normalized spacial score (nSPS) is 17.8. The van der Waals surface area contributed by atoms with Crippen molar-refractivity contribution in [2.45, 2.75) is 0 Å². The van der Waals surface area contributed by atoms with Gasteiger partial charge in [0.05, 0.1) is 0 Å². The van der Waals surface area contributed by atoms with Crippen LogP contribution in [0.2, 0.25) is 0 Å². The van der Waals surface area contributed by atoms with Gasteiger partial charge in [0.2, 0.25) is 5.22 Å². The van der Waals surface area contributed by atoms with Gasteiger partial charge in [-0.1, -0.05) is 0 Å². The molecule has 1 heterocycles. The summed E-state index contributed by atoms with van der Waals surface area (Å²) in [5, 5.41) is -0.106. The molecule has 0 amide bonds. The maximum atomic E-state index is 11.8. The van der Waals surface area contributed by atoms with Crippen LogP contribution < -0.4 is 0 Å². The first-order valence-corrected chi connectivity index (χ1v) is 2.21. The molecule has 0 aliphatic carbocycles. The van der Waals surface area contributed by atoms with Crippen LogP contribution in [0.5, 0.6) is 0 Å². The van der Waals surface area contributed by atoms with Crippen molar-refractivity contribution in [3.63, 3.8) is 0 Å². The highest BCUT2D eigenvalue weighted by Gasteiger charge is 2.03. The molecule has 0 radical (unpaired) electrons. The van der Waals surface area contributed by atoms with Crippen LogP contribution >= 0.6 is 11.6 Å². The molecule has 0 aromatic rings. The van der Waals surface area contributed by atoms with Crippen LogP contribution in [0, 0.1) is 0 Å². The van der Waals surface area contributed by atoms with Crippen molar-refractivity contribution in [1.82, 2.24) is 0 Å². The molecule has 8 heavy (non-hydrogen) atoms. The lowest BCUT2D eigenvalue weighted by molar-refractivity contribution is 0.176. The largest absolute Gasteiger partial charge is 0.461 e. The third-order valence-electron chi connectivity index (χ3n) is 0.516. The van der Waals surface area contributed by atoms with Crippen LogP contribution in [0.25, 0.3) is 0 Å². The first kappa shape index (κ1) is 5.44. The van der Waals surface area contributed by atoms with Crippen LogP contribution in [-0.2, 0) is 9.47 Å². The molecule has 1 aliphatic rings. The molecular formula is C4H2ClFO2. The molecule has 0 atom stereocenters. The maximum Gasteiger partial charge on any atom is 0.314 e. The second kappa shape index (κ2) is 2.05. The molecule has 0 saturated heterocycles. The third-order valence-corrected chi connectivity index (χ3v) is 0.683. The molecule has 0 unspecified atom stereocenters. The van der Waals surface area contributed by atoms with Gasteiger partial charge in [-0.15, -0.1) is 0 Å². The van der Waals surface area contributed by atoms with Gasteiger partial charge in [-0.2, -0.15) is 4.39 Å². The lowest BCUT2D eigenvalue weighted by Crippen LogP contribution is -1.89. The second-order valence-electron chi connectivity index (χ2n) is 1.08. The van der Waals surface area contributed by atoms with Crippen molar-refractivity contribution >= 4 is 11.6 Å². The number of hydrogen-bond donors (Lipinski definition) is 0. The Bertz CT molecular complexity index is 136.